The number of piperidine rings is 2. The van der Waals surface area contributed by atoms with E-state index < -0.39 is 0 Å². The number of benzene rings is 1. The first-order valence-electron chi connectivity index (χ1n) is 9.60. The fraction of sp³-hybridized carbons (Fsp3) is 0.619. The van der Waals surface area contributed by atoms with E-state index in [1.54, 1.807) is 14.0 Å². The van der Waals surface area contributed by atoms with Gasteiger partial charge in [-0.25, -0.2) is 0 Å². The quantitative estimate of drug-likeness (QED) is 0.734. The second kappa shape index (κ2) is 8.31. The summed E-state index contributed by atoms with van der Waals surface area (Å²) in [5.41, 5.74) is 2.23. The van der Waals surface area contributed by atoms with E-state index in [0.29, 0.717) is 19.6 Å². The van der Waals surface area contributed by atoms with E-state index in [-0.39, 0.29) is 17.1 Å². The fourth-order valence-electron chi connectivity index (χ4n) is 4.39. The number of nitrogens with zero attached hydrogens (tertiary/aromatic N) is 2. The molecular formula is C21H30N2O3. The van der Waals surface area contributed by atoms with Gasteiger partial charge in [-0.3, -0.25) is 14.5 Å². The zero-order chi connectivity index (χ0) is 18.6. The average Bonchev–Trinajstić information content (AvgIpc) is 2.63. The Bertz CT molecular complexity index is 643. The summed E-state index contributed by atoms with van der Waals surface area (Å²) in [6, 6.07) is 7.97. The molecule has 2 heterocycles. The monoisotopic (exact) mass is 358 g/mol. The number of Topliss-reactive ketones (excluding diaryl/α,β-unsaturated/α-hetero) is 1. The van der Waals surface area contributed by atoms with Crippen LogP contribution in [-0.4, -0.2) is 61.4 Å². The van der Waals surface area contributed by atoms with E-state index in [0.717, 1.165) is 38.2 Å². The Morgan fingerprint density at radius 3 is 2.65 bits per heavy atom. The minimum atomic E-state index is 0.108. The SMILES string of the molecule is COCCN1CC2(CCCN(Cc3ccc(C(C)=O)cc3)C2)CCC1=O. The fourth-order valence-corrected chi connectivity index (χ4v) is 4.39. The summed E-state index contributed by atoms with van der Waals surface area (Å²) >= 11 is 0. The summed E-state index contributed by atoms with van der Waals surface area (Å²) in [6.07, 6.45) is 4.03. The van der Waals surface area contributed by atoms with E-state index in [9.17, 15) is 9.59 Å². The van der Waals surface area contributed by atoms with Crippen molar-refractivity contribution in [2.75, 3.05) is 39.9 Å². The molecule has 2 aliphatic heterocycles. The largest absolute Gasteiger partial charge is 0.383 e. The van der Waals surface area contributed by atoms with Crippen LogP contribution in [0.4, 0.5) is 0 Å². The molecule has 1 spiro atoms. The summed E-state index contributed by atoms with van der Waals surface area (Å²) in [5, 5.41) is 0. The van der Waals surface area contributed by atoms with Crippen LogP contribution in [0.1, 0.15) is 48.5 Å². The Kier molecular flexibility index (Phi) is 6.09. The van der Waals surface area contributed by atoms with Gasteiger partial charge in [-0.15, -0.1) is 0 Å². The van der Waals surface area contributed by atoms with Gasteiger partial charge in [0.1, 0.15) is 0 Å². The normalized spacial score (nSPS) is 24.2. The van der Waals surface area contributed by atoms with Crippen molar-refractivity contribution in [3.63, 3.8) is 0 Å². The number of amides is 1. The molecule has 2 saturated heterocycles. The van der Waals surface area contributed by atoms with Crippen molar-refractivity contribution < 1.29 is 14.3 Å². The molecule has 0 radical (unpaired) electrons. The second-order valence-electron chi connectivity index (χ2n) is 7.88. The van der Waals surface area contributed by atoms with Gasteiger partial charge in [0.25, 0.3) is 0 Å². The highest BCUT2D eigenvalue weighted by atomic mass is 16.5. The van der Waals surface area contributed by atoms with Crippen molar-refractivity contribution in [2.24, 2.45) is 5.41 Å². The molecule has 142 valence electrons. The Balaban J connectivity index is 1.62. The van der Waals surface area contributed by atoms with Gasteiger partial charge in [0.05, 0.1) is 6.61 Å². The van der Waals surface area contributed by atoms with Crippen LogP contribution in [-0.2, 0) is 16.1 Å². The highest BCUT2D eigenvalue weighted by Crippen LogP contribution is 2.39. The molecule has 1 aromatic carbocycles. The molecule has 26 heavy (non-hydrogen) atoms. The topological polar surface area (TPSA) is 49.9 Å². The highest BCUT2D eigenvalue weighted by molar-refractivity contribution is 5.94. The summed E-state index contributed by atoms with van der Waals surface area (Å²) < 4.78 is 5.17. The third-order valence-electron chi connectivity index (χ3n) is 5.82. The van der Waals surface area contributed by atoms with Crippen molar-refractivity contribution in [1.82, 2.24) is 9.80 Å². The molecule has 1 unspecified atom stereocenters. The number of ketones is 1. The van der Waals surface area contributed by atoms with Gasteiger partial charge in [0.15, 0.2) is 5.78 Å². The average molecular weight is 358 g/mol. The predicted molar refractivity (Wildman–Crippen MR) is 101 cm³/mol. The summed E-state index contributed by atoms with van der Waals surface area (Å²) in [7, 11) is 1.68. The Morgan fingerprint density at radius 2 is 1.96 bits per heavy atom. The molecule has 2 aliphatic rings. The van der Waals surface area contributed by atoms with Crippen LogP contribution in [0.3, 0.4) is 0 Å². The second-order valence-corrected chi connectivity index (χ2v) is 7.88. The molecule has 5 heteroatoms. The van der Waals surface area contributed by atoms with E-state index in [1.165, 1.54) is 18.4 Å². The number of methoxy groups -OCH3 is 1. The van der Waals surface area contributed by atoms with Crippen LogP contribution in [0.25, 0.3) is 0 Å². The van der Waals surface area contributed by atoms with E-state index in [2.05, 4.69) is 17.0 Å². The lowest BCUT2D eigenvalue weighted by molar-refractivity contribution is -0.140. The Labute approximate surface area is 156 Å². The Hall–Kier alpha value is -1.72. The van der Waals surface area contributed by atoms with Crippen molar-refractivity contribution in [2.45, 2.75) is 39.2 Å². The number of carbonyl (C=O) groups is 2. The molecule has 5 nitrogen and oxygen atoms in total. The maximum absolute atomic E-state index is 12.2. The van der Waals surface area contributed by atoms with Gasteiger partial charge in [0, 0.05) is 50.7 Å². The summed E-state index contributed by atoms with van der Waals surface area (Å²) in [6.45, 7) is 6.81. The number of ether oxygens (including phenoxy) is 1. The predicted octanol–water partition coefficient (Wildman–Crippen LogP) is 2.74. The molecule has 3 rings (SSSR count). The van der Waals surface area contributed by atoms with Crippen molar-refractivity contribution in [1.29, 1.82) is 0 Å². The van der Waals surface area contributed by atoms with E-state index in [1.807, 2.05) is 17.0 Å². The summed E-state index contributed by atoms with van der Waals surface area (Å²) in [5.74, 6) is 0.376. The Morgan fingerprint density at radius 1 is 1.19 bits per heavy atom. The molecule has 0 bridgehead atoms. The molecule has 1 aromatic rings. The number of carbonyl (C=O) groups excluding carboxylic acids is 2. The highest BCUT2D eigenvalue weighted by Gasteiger charge is 2.41. The third-order valence-corrected chi connectivity index (χ3v) is 5.82. The number of hydrogen-bond donors (Lipinski definition) is 0. The van der Waals surface area contributed by atoms with Crippen molar-refractivity contribution in [3.8, 4) is 0 Å². The van der Waals surface area contributed by atoms with Crippen LogP contribution < -0.4 is 0 Å². The van der Waals surface area contributed by atoms with Gasteiger partial charge in [0.2, 0.25) is 5.91 Å². The van der Waals surface area contributed by atoms with Crippen LogP contribution in [0, 0.1) is 5.41 Å². The van der Waals surface area contributed by atoms with E-state index >= 15 is 0 Å². The minimum absolute atomic E-state index is 0.108. The summed E-state index contributed by atoms with van der Waals surface area (Å²) in [4.78, 5) is 28.2. The van der Waals surface area contributed by atoms with Crippen LogP contribution in [0.2, 0.25) is 0 Å². The van der Waals surface area contributed by atoms with Crippen LogP contribution >= 0.6 is 0 Å². The standard InChI is InChI=1S/C21H30N2O3/c1-17(24)19-6-4-18(5-7-19)14-22-11-3-9-21(15-22)10-8-20(25)23(16-21)12-13-26-2/h4-7H,3,8-16H2,1-2H3. The van der Waals surface area contributed by atoms with Gasteiger partial charge < -0.3 is 9.64 Å². The minimum Gasteiger partial charge on any atom is -0.383 e. The van der Waals surface area contributed by atoms with Gasteiger partial charge in [-0.05, 0) is 38.3 Å². The molecule has 0 saturated carbocycles. The molecule has 1 amide bonds. The molecule has 0 N–H and O–H groups in total. The molecular weight excluding hydrogens is 328 g/mol. The number of hydrogen-bond acceptors (Lipinski definition) is 4. The maximum Gasteiger partial charge on any atom is 0.222 e. The number of likely N-dealkylation sites (tertiary alicyclic amines) is 2. The van der Waals surface area contributed by atoms with Crippen LogP contribution in [0.5, 0.6) is 0 Å². The van der Waals surface area contributed by atoms with Gasteiger partial charge >= 0.3 is 0 Å². The smallest absolute Gasteiger partial charge is 0.222 e. The zero-order valence-corrected chi connectivity index (χ0v) is 16.0. The first-order valence-corrected chi connectivity index (χ1v) is 9.60. The number of rotatable bonds is 6. The molecule has 0 aliphatic carbocycles. The van der Waals surface area contributed by atoms with Crippen LogP contribution in [0.15, 0.2) is 24.3 Å². The molecule has 2 fully saturated rings. The maximum atomic E-state index is 12.2. The zero-order valence-electron chi connectivity index (χ0n) is 16.0. The first-order chi connectivity index (χ1) is 12.5. The van der Waals surface area contributed by atoms with Gasteiger partial charge in [-0.2, -0.15) is 0 Å². The third kappa shape index (κ3) is 4.51. The molecule has 0 aromatic heterocycles. The van der Waals surface area contributed by atoms with Gasteiger partial charge in [-0.1, -0.05) is 24.3 Å². The van der Waals surface area contributed by atoms with Crippen molar-refractivity contribution >= 4 is 11.7 Å². The lowest BCUT2D eigenvalue weighted by Crippen LogP contribution is -2.54. The lowest BCUT2D eigenvalue weighted by Gasteiger charge is -2.48. The molecule has 1 atom stereocenters. The lowest BCUT2D eigenvalue weighted by atomic mass is 9.73. The van der Waals surface area contributed by atoms with E-state index in [4.69, 9.17) is 4.74 Å². The van der Waals surface area contributed by atoms with Crippen molar-refractivity contribution in [3.05, 3.63) is 35.4 Å². The first kappa shape index (κ1) is 19.1.